The van der Waals surface area contributed by atoms with Gasteiger partial charge in [0, 0.05) is 17.6 Å². The fourth-order valence-electron chi connectivity index (χ4n) is 3.12. The molecule has 0 fully saturated rings. The normalized spacial score (nSPS) is 12.0. The molecule has 4 rings (SSSR count). The van der Waals surface area contributed by atoms with Gasteiger partial charge >= 0.3 is 5.97 Å². The number of carbonyl (C=O) groups excluding carboxylic acids is 1. The minimum atomic E-state index is -1.14. The van der Waals surface area contributed by atoms with E-state index in [1.165, 1.54) is 11.3 Å². The van der Waals surface area contributed by atoms with Crippen molar-refractivity contribution in [1.82, 2.24) is 8.75 Å². The van der Waals surface area contributed by atoms with Gasteiger partial charge < -0.3 is 5.11 Å². The maximum absolute atomic E-state index is 13.4. The molecule has 0 amide bonds. The van der Waals surface area contributed by atoms with Crippen LogP contribution in [0.15, 0.2) is 64.9 Å². The molecule has 0 aliphatic heterocycles. The van der Waals surface area contributed by atoms with E-state index >= 15 is 0 Å². The van der Waals surface area contributed by atoms with Gasteiger partial charge in [-0.05, 0) is 47.0 Å². The maximum atomic E-state index is 13.4. The molecule has 4 aromatic rings. The number of ketones is 1. The van der Waals surface area contributed by atoms with Crippen molar-refractivity contribution in [3.63, 3.8) is 0 Å². The smallest absolute Gasteiger partial charge is 0.336 e. The second kappa shape index (κ2) is 8.06. The van der Waals surface area contributed by atoms with Gasteiger partial charge in [0.1, 0.15) is 11.0 Å². The third-order valence-corrected chi connectivity index (χ3v) is 5.90. The number of nitrogens with zero attached hydrogens (tertiary/aromatic N) is 2. The summed E-state index contributed by atoms with van der Waals surface area (Å²) in [5.74, 6) is -1.43. The summed E-state index contributed by atoms with van der Waals surface area (Å²) >= 11 is 2.58. The van der Waals surface area contributed by atoms with Crippen molar-refractivity contribution in [3.8, 4) is 0 Å². The number of rotatable bonds is 6. The molecule has 0 bridgehead atoms. The van der Waals surface area contributed by atoms with E-state index in [0.29, 0.717) is 22.2 Å². The monoisotopic (exact) mass is 420 g/mol. The summed E-state index contributed by atoms with van der Waals surface area (Å²) in [5.41, 5.74) is 4.42. The van der Waals surface area contributed by atoms with Crippen LogP contribution >= 0.6 is 23.1 Å². The molecule has 0 saturated carbocycles. The van der Waals surface area contributed by atoms with Crippen LogP contribution < -0.4 is 0 Å². The molecule has 0 atom stereocenters. The number of aromatic nitrogens is 2. The van der Waals surface area contributed by atoms with Crippen LogP contribution in [-0.4, -0.2) is 25.6 Å². The van der Waals surface area contributed by atoms with E-state index in [2.05, 4.69) is 8.75 Å². The largest absolute Gasteiger partial charge is 0.478 e. The number of hydrogen-bond acceptors (Lipinski definition) is 6. The van der Waals surface area contributed by atoms with Crippen molar-refractivity contribution in [3.05, 3.63) is 87.1 Å². The first-order valence-electron chi connectivity index (χ1n) is 8.84. The van der Waals surface area contributed by atoms with Gasteiger partial charge in [-0.15, -0.1) is 0 Å². The summed E-state index contributed by atoms with van der Waals surface area (Å²) in [6.45, 7) is 1.94. The second-order valence-electron chi connectivity index (χ2n) is 6.63. The number of aryl methyl sites for hydroxylation is 1. The SMILES string of the molecule is Cc1ccc(C(=O)C(Cc2ccsc2)=C(C(=O)O)c2ccc3nsnc3c2)cc1. The van der Waals surface area contributed by atoms with Gasteiger partial charge in [0.05, 0.1) is 17.3 Å². The van der Waals surface area contributed by atoms with Crippen LogP contribution in [0, 0.1) is 6.92 Å². The Labute approximate surface area is 175 Å². The lowest BCUT2D eigenvalue weighted by Crippen LogP contribution is -2.14. The van der Waals surface area contributed by atoms with E-state index in [1.54, 1.807) is 30.3 Å². The zero-order chi connectivity index (χ0) is 20.4. The lowest BCUT2D eigenvalue weighted by atomic mass is 9.90. The molecule has 2 heterocycles. The predicted octanol–water partition coefficient (Wildman–Crippen LogP) is 5.03. The first-order chi connectivity index (χ1) is 14.0. The van der Waals surface area contributed by atoms with Crippen LogP contribution in [0.5, 0.6) is 0 Å². The van der Waals surface area contributed by atoms with E-state index < -0.39 is 5.97 Å². The number of carboxylic acid groups (broad SMARTS) is 1. The summed E-state index contributed by atoms with van der Waals surface area (Å²) in [6, 6.07) is 14.2. The number of thiophene rings is 1. The summed E-state index contributed by atoms with van der Waals surface area (Å²) in [7, 11) is 0. The highest BCUT2D eigenvalue weighted by atomic mass is 32.1. The molecular formula is C22H16N2O3S2. The molecule has 29 heavy (non-hydrogen) atoms. The summed E-state index contributed by atoms with van der Waals surface area (Å²) in [4.78, 5) is 25.7. The van der Waals surface area contributed by atoms with Crippen molar-refractivity contribution < 1.29 is 14.7 Å². The van der Waals surface area contributed by atoms with Gasteiger partial charge in [-0.1, -0.05) is 35.9 Å². The van der Waals surface area contributed by atoms with Crippen LogP contribution in [0.25, 0.3) is 16.6 Å². The zero-order valence-corrected chi connectivity index (χ0v) is 17.1. The average molecular weight is 421 g/mol. The van der Waals surface area contributed by atoms with E-state index in [4.69, 9.17) is 0 Å². The van der Waals surface area contributed by atoms with E-state index in [9.17, 15) is 14.7 Å². The Morgan fingerprint density at radius 2 is 1.69 bits per heavy atom. The van der Waals surface area contributed by atoms with Crippen LogP contribution in [0.1, 0.15) is 27.0 Å². The van der Waals surface area contributed by atoms with Crippen LogP contribution in [0.2, 0.25) is 0 Å². The van der Waals surface area contributed by atoms with E-state index in [0.717, 1.165) is 22.9 Å². The first-order valence-corrected chi connectivity index (χ1v) is 10.5. The minimum Gasteiger partial charge on any atom is -0.478 e. The Balaban J connectivity index is 1.90. The highest BCUT2D eigenvalue weighted by molar-refractivity contribution is 7.08. The van der Waals surface area contributed by atoms with Gasteiger partial charge in [0.25, 0.3) is 0 Å². The minimum absolute atomic E-state index is 0.00308. The number of benzene rings is 2. The molecule has 0 saturated heterocycles. The molecule has 2 aromatic carbocycles. The number of carbonyl (C=O) groups is 2. The van der Waals surface area contributed by atoms with Gasteiger partial charge in [-0.3, -0.25) is 4.79 Å². The molecule has 0 aliphatic carbocycles. The fraction of sp³-hybridized carbons (Fsp3) is 0.0909. The highest BCUT2D eigenvalue weighted by Gasteiger charge is 2.24. The second-order valence-corrected chi connectivity index (χ2v) is 7.94. The highest BCUT2D eigenvalue weighted by Crippen LogP contribution is 2.28. The molecule has 0 spiro atoms. The number of allylic oxidation sites excluding steroid dienone is 1. The molecule has 7 heteroatoms. The first kappa shape index (κ1) is 19.2. The third kappa shape index (κ3) is 4.01. The quantitative estimate of drug-likeness (QED) is 0.350. The predicted molar refractivity (Wildman–Crippen MR) is 116 cm³/mol. The Morgan fingerprint density at radius 3 is 2.38 bits per heavy atom. The Hall–Kier alpha value is -3.16. The molecule has 1 N–H and O–H groups in total. The lowest BCUT2D eigenvalue weighted by molar-refractivity contribution is -0.130. The zero-order valence-electron chi connectivity index (χ0n) is 15.5. The summed E-state index contributed by atoms with van der Waals surface area (Å²) in [5, 5.41) is 13.9. The Morgan fingerprint density at radius 1 is 0.966 bits per heavy atom. The van der Waals surface area contributed by atoms with Crippen molar-refractivity contribution in [2.75, 3.05) is 0 Å². The van der Waals surface area contributed by atoms with E-state index in [-0.39, 0.29) is 23.4 Å². The van der Waals surface area contributed by atoms with Crippen molar-refractivity contribution in [1.29, 1.82) is 0 Å². The van der Waals surface area contributed by atoms with Crippen LogP contribution in [0.3, 0.4) is 0 Å². The molecule has 0 unspecified atom stereocenters. The number of hydrogen-bond donors (Lipinski definition) is 1. The standard InChI is InChI=1S/C22H16N2O3S2/c1-13-2-4-15(5-3-13)21(25)17(10-14-8-9-28-12-14)20(22(26)27)16-6-7-18-19(11-16)24-29-23-18/h2-9,11-12H,10H2,1H3,(H,26,27). The number of fused-ring (bicyclic) bond motifs is 1. The fourth-order valence-corrected chi connectivity index (χ4v) is 4.31. The van der Waals surface area contributed by atoms with Crippen molar-refractivity contribution in [2.24, 2.45) is 0 Å². The molecule has 144 valence electrons. The maximum Gasteiger partial charge on any atom is 0.336 e. The van der Waals surface area contributed by atoms with Gasteiger partial charge in [0.15, 0.2) is 5.78 Å². The molecule has 0 aliphatic rings. The van der Waals surface area contributed by atoms with Gasteiger partial charge in [-0.25, -0.2) is 4.79 Å². The van der Waals surface area contributed by atoms with Crippen molar-refractivity contribution >= 4 is 51.4 Å². The lowest BCUT2D eigenvalue weighted by Gasteiger charge is -2.12. The van der Waals surface area contributed by atoms with Gasteiger partial charge in [-0.2, -0.15) is 20.1 Å². The average Bonchev–Trinajstić information content (AvgIpc) is 3.38. The molecule has 2 aromatic heterocycles. The summed E-state index contributed by atoms with van der Waals surface area (Å²) in [6.07, 6.45) is 0.241. The number of carboxylic acids is 1. The Bertz CT molecular complexity index is 1220. The Kier molecular flexibility index (Phi) is 5.33. The third-order valence-electron chi connectivity index (χ3n) is 4.61. The number of Topliss-reactive ketones (excluding diaryl/α,β-unsaturated/α-hetero) is 1. The summed E-state index contributed by atoms with van der Waals surface area (Å²) < 4.78 is 8.36. The van der Waals surface area contributed by atoms with E-state index in [1.807, 2.05) is 35.9 Å². The molecule has 5 nitrogen and oxygen atoms in total. The van der Waals surface area contributed by atoms with Gasteiger partial charge in [0.2, 0.25) is 0 Å². The topological polar surface area (TPSA) is 80.2 Å². The van der Waals surface area contributed by atoms with Crippen LogP contribution in [0.4, 0.5) is 0 Å². The van der Waals surface area contributed by atoms with Crippen molar-refractivity contribution in [2.45, 2.75) is 13.3 Å². The molecule has 0 radical (unpaired) electrons. The number of aliphatic carboxylic acids is 1. The molecular weight excluding hydrogens is 404 g/mol. The van der Waals surface area contributed by atoms with Crippen LogP contribution in [-0.2, 0) is 11.2 Å².